The summed E-state index contributed by atoms with van der Waals surface area (Å²) in [6.07, 6.45) is 3.74. The number of nitrogens with one attached hydrogen (secondary N) is 3. The number of ketones is 1. The average Bonchev–Trinajstić information content (AvgIpc) is 3.20. The van der Waals surface area contributed by atoms with E-state index in [0.29, 0.717) is 17.8 Å². The molecule has 3 aromatic rings. The normalized spacial score (nSPS) is 15.1. The van der Waals surface area contributed by atoms with Gasteiger partial charge in [0.15, 0.2) is 5.78 Å². The standard InChI is InChI=1S/C24H27N5O2/c1-15(29(2)3)24(31)28-20-14-16(12-13-25-20)22-23(26-17-8-5-4-6-9-17)21-18(27-22)10-7-11-19(21)30/h4-6,8-9,12-15,26-27H,7,10-11H2,1-3H3,(H,25,28,31)/t15-/m0/s1/i2D,3D. The number of benzene rings is 1. The van der Waals surface area contributed by atoms with Crippen molar-refractivity contribution in [3.05, 3.63) is 59.9 Å². The van der Waals surface area contributed by atoms with E-state index in [0.717, 1.165) is 41.2 Å². The zero-order valence-electron chi connectivity index (χ0n) is 19.4. The number of fused-ring (bicyclic) bond motifs is 1. The highest BCUT2D eigenvalue weighted by Gasteiger charge is 2.27. The van der Waals surface area contributed by atoms with E-state index in [2.05, 4.69) is 20.6 Å². The fourth-order valence-corrected chi connectivity index (χ4v) is 3.66. The van der Waals surface area contributed by atoms with Crippen LogP contribution in [0.1, 0.15) is 38.6 Å². The number of likely N-dealkylation sites (N-methyl/N-ethyl adjacent to an activating group) is 1. The Labute approximate surface area is 184 Å². The molecule has 1 atom stereocenters. The van der Waals surface area contributed by atoms with Crippen LogP contribution in [-0.4, -0.2) is 46.6 Å². The molecular weight excluding hydrogens is 390 g/mol. The molecule has 7 heteroatoms. The number of Topliss-reactive ketones (excluding diaryl/α,β-unsaturated/α-hetero) is 1. The maximum absolute atomic E-state index is 12.8. The Kier molecular flexibility index (Phi) is 5.16. The van der Waals surface area contributed by atoms with Crippen LogP contribution < -0.4 is 10.6 Å². The maximum atomic E-state index is 12.8. The number of aromatic nitrogens is 2. The number of aryl methyl sites for hydroxylation is 1. The first-order chi connectivity index (χ1) is 16.0. The summed E-state index contributed by atoms with van der Waals surface area (Å²) in [5, 5.41) is 6.19. The van der Waals surface area contributed by atoms with Crippen LogP contribution >= 0.6 is 0 Å². The van der Waals surface area contributed by atoms with Gasteiger partial charge >= 0.3 is 0 Å². The quantitative estimate of drug-likeness (QED) is 0.556. The second kappa shape index (κ2) is 8.73. The van der Waals surface area contributed by atoms with Gasteiger partial charge in [0.1, 0.15) is 5.82 Å². The molecule has 0 bridgehead atoms. The number of hydrogen-bond acceptors (Lipinski definition) is 5. The van der Waals surface area contributed by atoms with Gasteiger partial charge in [-0.05, 0) is 58.1 Å². The van der Waals surface area contributed by atoms with E-state index >= 15 is 0 Å². The Balaban J connectivity index is 1.68. The third kappa shape index (κ3) is 4.36. The van der Waals surface area contributed by atoms with E-state index < -0.39 is 6.04 Å². The highest BCUT2D eigenvalue weighted by Crippen LogP contribution is 2.39. The Morgan fingerprint density at radius 1 is 1.23 bits per heavy atom. The van der Waals surface area contributed by atoms with E-state index in [1.165, 1.54) is 4.90 Å². The number of aromatic amines is 1. The molecule has 160 valence electrons. The van der Waals surface area contributed by atoms with Crippen LogP contribution in [0, 0.1) is 0 Å². The summed E-state index contributed by atoms with van der Waals surface area (Å²) in [5.74, 6) is 0.144. The number of carbonyl (C=O) groups is 2. The van der Waals surface area contributed by atoms with Gasteiger partial charge in [-0.3, -0.25) is 14.5 Å². The molecule has 0 fully saturated rings. The Bertz CT molecular complexity index is 1150. The minimum atomic E-state index is -0.629. The Morgan fingerprint density at radius 3 is 2.81 bits per heavy atom. The second-order valence-electron chi connectivity index (χ2n) is 7.68. The van der Waals surface area contributed by atoms with Crippen molar-refractivity contribution in [2.45, 2.75) is 32.2 Å². The van der Waals surface area contributed by atoms with Gasteiger partial charge < -0.3 is 15.6 Å². The Hall–Kier alpha value is -3.45. The molecule has 7 nitrogen and oxygen atoms in total. The third-order valence-corrected chi connectivity index (χ3v) is 5.46. The number of H-pyrrole nitrogens is 1. The molecule has 1 aliphatic rings. The Morgan fingerprint density at radius 2 is 2.03 bits per heavy atom. The molecule has 0 unspecified atom stereocenters. The number of rotatable bonds is 6. The largest absolute Gasteiger partial charge is 0.356 e. The number of anilines is 3. The van der Waals surface area contributed by atoms with E-state index in [9.17, 15) is 9.59 Å². The first kappa shape index (κ1) is 18.3. The lowest BCUT2D eigenvalue weighted by Gasteiger charge is -2.18. The van der Waals surface area contributed by atoms with Crippen molar-refractivity contribution in [2.75, 3.05) is 24.7 Å². The predicted molar refractivity (Wildman–Crippen MR) is 123 cm³/mol. The molecule has 0 saturated carbocycles. The number of carbonyl (C=O) groups excluding carboxylic acids is 2. The van der Waals surface area contributed by atoms with Gasteiger partial charge in [0.2, 0.25) is 5.91 Å². The van der Waals surface area contributed by atoms with Crippen molar-refractivity contribution in [3.8, 4) is 11.3 Å². The van der Waals surface area contributed by atoms with Crippen LogP contribution in [0.25, 0.3) is 11.3 Å². The van der Waals surface area contributed by atoms with Crippen LogP contribution in [0.5, 0.6) is 0 Å². The fourth-order valence-electron chi connectivity index (χ4n) is 3.66. The number of para-hydroxylation sites is 1. The number of pyridine rings is 1. The van der Waals surface area contributed by atoms with Gasteiger partial charge in [-0.1, -0.05) is 18.2 Å². The van der Waals surface area contributed by atoms with Crippen LogP contribution in [-0.2, 0) is 11.2 Å². The molecule has 3 N–H and O–H groups in total. The summed E-state index contributed by atoms with van der Waals surface area (Å²) in [6, 6.07) is 12.6. The molecule has 31 heavy (non-hydrogen) atoms. The SMILES string of the molecule is [2H]CN(C[2H])[C@@H](C)C(=O)Nc1cc(-c2[nH]c3c(c2Nc2ccccc2)C(=O)CCC3)ccn1. The number of amides is 1. The van der Waals surface area contributed by atoms with Gasteiger partial charge in [-0.25, -0.2) is 4.98 Å². The summed E-state index contributed by atoms with van der Waals surface area (Å²) < 4.78 is 15.0. The average molecular weight is 420 g/mol. The monoisotopic (exact) mass is 419 g/mol. The van der Waals surface area contributed by atoms with Gasteiger partial charge in [0, 0.05) is 32.3 Å². The van der Waals surface area contributed by atoms with Gasteiger partial charge in [-0.15, -0.1) is 0 Å². The van der Waals surface area contributed by atoms with Gasteiger partial charge in [-0.2, -0.15) is 0 Å². The van der Waals surface area contributed by atoms with Crippen molar-refractivity contribution in [1.29, 1.82) is 0 Å². The zero-order chi connectivity index (χ0) is 23.4. The summed E-state index contributed by atoms with van der Waals surface area (Å²) in [7, 11) is -0.274. The van der Waals surface area contributed by atoms with Crippen LogP contribution in [0.15, 0.2) is 48.7 Å². The molecule has 1 amide bonds. The van der Waals surface area contributed by atoms with Crippen molar-refractivity contribution in [3.63, 3.8) is 0 Å². The molecule has 2 heterocycles. The molecule has 4 rings (SSSR count). The molecular formula is C24H27N5O2. The van der Waals surface area contributed by atoms with Crippen LogP contribution in [0.3, 0.4) is 0 Å². The minimum absolute atomic E-state index is 0.111. The van der Waals surface area contributed by atoms with Crippen LogP contribution in [0.2, 0.25) is 0 Å². The number of hydrogen-bond donors (Lipinski definition) is 3. The lowest BCUT2D eigenvalue weighted by Crippen LogP contribution is -2.37. The van der Waals surface area contributed by atoms with Gasteiger partial charge in [0.05, 0.1) is 23.0 Å². The molecule has 0 aliphatic heterocycles. The summed E-state index contributed by atoms with van der Waals surface area (Å²) in [6.45, 7) is 1.66. The van der Waals surface area contributed by atoms with E-state index in [1.54, 1.807) is 19.2 Å². The highest BCUT2D eigenvalue weighted by atomic mass is 16.2. The second-order valence-corrected chi connectivity index (χ2v) is 7.68. The van der Waals surface area contributed by atoms with Crippen molar-refractivity contribution < 1.29 is 12.3 Å². The van der Waals surface area contributed by atoms with Gasteiger partial charge in [0.25, 0.3) is 0 Å². The zero-order valence-corrected chi connectivity index (χ0v) is 17.4. The molecule has 1 aromatic carbocycles. The first-order valence-corrected chi connectivity index (χ1v) is 10.2. The lowest BCUT2D eigenvalue weighted by molar-refractivity contribution is -0.119. The lowest BCUT2D eigenvalue weighted by atomic mass is 9.95. The van der Waals surface area contributed by atoms with Crippen molar-refractivity contribution >= 4 is 28.9 Å². The third-order valence-electron chi connectivity index (χ3n) is 5.46. The smallest absolute Gasteiger partial charge is 0.242 e. The maximum Gasteiger partial charge on any atom is 0.242 e. The molecule has 1 aliphatic carbocycles. The minimum Gasteiger partial charge on any atom is -0.356 e. The first-order valence-electron chi connectivity index (χ1n) is 11.6. The van der Waals surface area contributed by atoms with Crippen molar-refractivity contribution in [1.82, 2.24) is 14.9 Å². The molecule has 0 saturated heterocycles. The topological polar surface area (TPSA) is 90.1 Å². The van der Waals surface area contributed by atoms with Crippen LogP contribution in [0.4, 0.5) is 17.2 Å². The van der Waals surface area contributed by atoms with Crippen molar-refractivity contribution in [2.24, 2.45) is 0 Å². The predicted octanol–water partition coefficient (Wildman–Crippen LogP) is 4.23. The molecule has 2 aromatic heterocycles. The van der Waals surface area contributed by atoms with E-state index in [4.69, 9.17) is 2.74 Å². The molecule has 0 spiro atoms. The summed E-state index contributed by atoms with van der Waals surface area (Å²) in [4.78, 5) is 34.5. The summed E-state index contributed by atoms with van der Waals surface area (Å²) in [5.41, 5.74) is 4.76. The fraction of sp³-hybridized carbons (Fsp3) is 0.292. The van der Waals surface area contributed by atoms with E-state index in [1.807, 2.05) is 36.4 Å². The van der Waals surface area contributed by atoms with E-state index in [-0.39, 0.29) is 25.7 Å². The molecule has 0 radical (unpaired) electrons. The highest BCUT2D eigenvalue weighted by molar-refractivity contribution is 6.07. The number of nitrogens with zero attached hydrogens (tertiary/aromatic N) is 2. The summed E-state index contributed by atoms with van der Waals surface area (Å²) >= 11 is 0.